The van der Waals surface area contributed by atoms with E-state index >= 15 is 0 Å². The Morgan fingerprint density at radius 3 is 2.35 bits per heavy atom. The number of nitrogens with zero attached hydrogens (tertiary/aromatic N) is 2. The fourth-order valence-corrected chi connectivity index (χ4v) is 1.84. The van der Waals surface area contributed by atoms with Crippen LogP contribution in [0.5, 0.6) is 0 Å². The molecule has 0 radical (unpaired) electrons. The van der Waals surface area contributed by atoms with Crippen LogP contribution in [-0.4, -0.2) is 35.7 Å². The topological polar surface area (TPSA) is 76.0 Å². The lowest BCUT2D eigenvalue weighted by atomic mass is 10.2. The predicted octanol–water partition coefficient (Wildman–Crippen LogP) is 0.651. The Labute approximate surface area is 116 Å². The highest BCUT2D eigenvalue weighted by atomic mass is 16.2. The Balaban J connectivity index is 2.37. The molecule has 1 heterocycles. The molecule has 0 unspecified atom stereocenters. The summed E-state index contributed by atoms with van der Waals surface area (Å²) in [6.07, 6.45) is 0. The SMILES string of the molecule is CNC(=O)c1cc(C(=O)NC)n(Cc2ccccc2)n1. The second-order valence-corrected chi connectivity index (χ2v) is 4.22. The maximum Gasteiger partial charge on any atom is 0.271 e. The van der Waals surface area contributed by atoms with Crippen molar-refractivity contribution in [1.29, 1.82) is 0 Å². The highest BCUT2D eigenvalue weighted by Crippen LogP contribution is 2.09. The van der Waals surface area contributed by atoms with Crippen LogP contribution < -0.4 is 10.6 Å². The van der Waals surface area contributed by atoms with Crippen LogP contribution in [0.15, 0.2) is 36.4 Å². The van der Waals surface area contributed by atoms with E-state index in [1.165, 1.54) is 17.8 Å². The first-order valence-corrected chi connectivity index (χ1v) is 6.21. The van der Waals surface area contributed by atoms with Crippen LogP contribution in [0.1, 0.15) is 26.5 Å². The first kappa shape index (κ1) is 13.8. The minimum atomic E-state index is -0.318. The standard InChI is InChI=1S/C14H16N4O2/c1-15-13(19)11-8-12(14(20)16-2)18(17-11)9-10-6-4-3-5-7-10/h3-8H,9H2,1-2H3,(H,15,19)(H,16,20). The van der Waals surface area contributed by atoms with Crippen molar-refractivity contribution in [2.45, 2.75) is 6.54 Å². The Morgan fingerprint density at radius 2 is 1.75 bits per heavy atom. The number of benzene rings is 1. The van der Waals surface area contributed by atoms with E-state index in [9.17, 15) is 9.59 Å². The number of amides is 2. The van der Waals surface area contributed by atoms with Crippen LogP contribution in [0.4, 0.5) is 0 Å². The Morgan fingerprint density at radius 1 is 1.10 bits per heavy atom. The minimum absolute atomic E-state index is 0.224. The molecular weight excluding hydrogens is 256 g/mol. The molecule has 104 valence electrons. The van der Waals surface area contributed by atoms with Crippen molar-refractivity contribution >= 4 is 11.8 Å². The third-order valence-corrected chi connectivity index (χ3v) is 2.87. The summed E-state index contributed by atoms with van der Waals surface area (Å²) in [6, 6.07) is 11.1. The van der Waals surface area contributed by atoms with Crippen molar-refractivity contribution in [1.82, 2.24) is 20.4 Å². The summed E-state index contributed by atoms with van der Waals surface area (Å²) in [5.41, 5.74) is 1.58. The minimum Gasteiger partial charge on any atom is -0.354 e. The lowest BCUT2D eigenvalue weighted by molar-refractivity contribution is 0.0947. The smallest absolute Gasteiger partial charge is 0.271 e. The normalized spacial score (nSPS) is 10.1. The molecule has 0 saturated carbocycles. The van der Waals surface area contributed by atoms with Gasteiger partial charge >= 0.3 is 0 Å². The van der Waals surface area contributed by atoms with Crippen molar-refractivity contribution < 1.29 is 9.59 Å². The van der Waals surface area contributed by atoms with E-state index in [0.717, 1.165) is 5.56 Å². The zero-order chi connectivity index (χ0) is 14.5. The van der Waals surface area contributed by atoms with Gasteiger partial charge in [0.1, 0.15) is 5.69 Å². The fourth-order valence-electron chi connectivity index (χ4n) is 1.84. The molecule has 0 saturated heterocycles. The number of rotatable bonds is 4. The van der Waals surface area contributed by atoms with Gasteiger partial charge in [0, 0.05) is 20.2 Å². The molecular formula is C14H16N4O2. The summed E-state index contributed by atoms with van der Waals surface area (Å²) >= 11 is 0. The maximum absolute atomic E-state index is 11.8. The van der Waals surface area contributed by atoms with Gasteiger partial charge in [0.2, 0.25) is 0 Å². The molecule has 0 fully saturated rings. The lowest BCUT2D eigenvalue weighted by Gasteiger charge is -2.06. The zero-order valence-electron chi connectivity index (χ0n) is 11.4. The summed E-state index contributed by atoms with van der Waals surface area (Å²) in [4.78, 5) is 23.5. The van der Waals surface area contributed by atoms with Crippen LogP contribution in [0.25, 0.3) is 0 Å². The maximum atomic E-state index is 11.8. The molecule has 2 amide bonds. The second kappa shape index (κ2) is 6.01. The summed E-state index contributed by atoms with van der Waals surface area (Å²) < 4.78 is 1.53. The summed E-state index contributed by atoms with van der Waals surface area (Å²) in [5.74, 6) is -0.592. The zero-order valence-corrected chi connectivity index (χ0v) is 11.4. The van der Waals surface area contributed by atoms with Crippen molar-refractivity contribution in [3.8, 4) is 0 Å². The molecule has 20 heavy (non-hydrogen) atoms. The van der Waals surface area contributed by atoms with E-state index < -0.39 is 0 Å². The van der Waals surface area contributed by atoms with Crippen molar-refractivity contribution in [2.24, 2.45) is 0 Å². The van der Waals surface area contributed by atoms with E-state index in [1.54, 1.807) is 7.05 Å². The van der Waals surface area contributed by atoms with Gasteiger partial charge in [-0.2, -0.15) is 5.10 Å². The van der Waals surface area contributed by atoms with Gasteiger partial charge in [-0.25, -0.2) is 0 Å². The summed E-state index contributed by atoms with van der Waals surface area (Å²) in [6.45, 7) is 0.431. The monoisotopic (exact) mass is 272 g/mol. The highest BCUT2D eigenvalue weighted by Gasteiger charge is 2.17. The van der Waals surface area contributed by atoms with Gasteiger partial charge < -0.3 is 10.6 Å². The number of carbonyl (C=O) groups excluding carboxylic acids is 2. The molecule has 0 atom stereocenters. The number of aromatic nitrogens is 2. The number of nitrogens with one attached hydrogen (secondary N) is 2. The van der Waals surface area contributed by atoms with Crippen LogP contribution in [0.2, 0.25) is 0 Å². The third kappa shape index (κ3) is 2.85. The number of hydrogen-bond acceptors (Lipinski definition) is 3. The molecule has 0 bridgehead atoms. The molecule has 6 nitrogen and oxygen atoms in total. The Bertz CT molecular complexity index is 619. The molecule has 1 aromatic carbocycles. The molecule has 0 aliphatic heterocycles. The Hall–Kier alpha value is -2.63. The fraction of sp³-hybridized carbons (Fsp3) is 0.214. The average Bonchev–Trinajstić information content (AvgIpc) is 2.90. The number of hydrogen-bond donors (Lipinski definition) is 2. The third-order valence-electron chi connectivity index (χ3n) is 2.87. The van der Waals surface area contributed by atoms with Crippen LogP contribution >= 0.6 is 0 Å². The van der Waals surface area contributed by atoms with Gasteiger partial charge in [-0.3, -0.25) is 14.3 Å². The molecule has 1 aromatic heterocycles. The van der Waals surface area contributed by atoms with Gasteiger partial charge in [0.05, 0.1) is 6.54 Å². The first-order valence-electron chi connectivity index (χ1n) is 6.21. The van der Waals surface area contributed by atoms with E-state index in [1.807, 2.05) is 30.3 Å². The van der Waals surface area contributed by atoms with E-state index in [0.29, 0.717) is 12.2 Å². The second-order valence-electron chi connectivity index (χ2n) is 4.22. The predicted molar refractivity (Wildman–Crippen MR) is 74.6 cm³/mol. The van der Waals surface area contributed by atoms with Crippen LogP contribution in [0.3, 0.4) is 0 Å². The quantitative estimate of drug-likeness (QED) is 0.858. The molecule has 2 N–H and O–H groups in total. The number of carbonyl (C=O) groups is 2. The van der Waals surface area contributed by atoms with Crippen LogP contribution in [0, 0.1) is 0 Å². The summed E-state index contributed by atoms with van der Waals surface area (Å²) in [5, 5.41) is 9.23. The molecule has 0 aliphatic rings. The van der Waals surface area contributed by atoms with Gasteiger partial charge in [0.25, 0.3) is 11.8 Å². The van der Waals surface area contributed by atoms with Crippen LogP contribution in [-0.2, 0) is 6.54 Å². The van der Waals surface area contributed by atoms with Crippen molar-refractivity contribution in [3.63, 3.8) is 0 Å². The van der Waals surface area contributed by atoms with Gasteiger partial charge in [0.15, 0.2) is 5.69 Å². The van der Waals surface area contributed by atoms with E-state index in [2.05, 4.69) is 15.7 Å². The largest absolute Gasteiger partial charge is 0.354 e. The molecule has 0 aliphatic carbocycles. The Kier molecular flexibility index (Phi) is 4.14. The molecule has 0 spiro atoms. The summed E-state index contributed by atoms with van der Waals surface area (Å²) in [7, 11) is 3.07. The van der Waals surface area contributed by atoms with Gasteiger partial charge in [-0.1, -0.05) is 30.3 Å². The molecule has 2 rings (SSSR count). The van der Waals surface area contributed by atoms with E-state index in [4.69, 9.17) is 0 Å². The lowest BCUT2D eigenvalue weighted by Crippen LogP contribution is -2.22. The average molecular weight is 272 g/mol. The van der Waals surface area contributed by atoms with E-state index in [-0.39, 0.29) is 17.5 Å². The van der Waals surface area contributed by atoms with Gasteiger partial charge in [-0.15, -0.1) is 0 Å². The molecule has 2 aromatic rings. The molecule has 6 heteroatoms. The van der Waals surface area contributed by atoms with Crippen molar-refractivity contribution in [3.05, 3.63) is 53.3 Å². The highest BCUT2D eigenvalue weighted by molar-refractivity contribution is 5.97. The van der Waals surface area contributed by atoms with Crippen molar-refractivity contribution in [2.75, 3.05) is 14.1 Å². The van der Waals surface area contributed by atoms with Gasteiger partial charge in [-0.05, 0) is 5.56 Å². The first-order chi connectivity index (χ1) is 9.65.